The summed E-state index contributed by atoms with van der Waals surface area (Å²) in [5.74, 6) is 1.04. The molecule has 0 saturated carbocycles. The Morgan fingerprint density at radius 1 is 1.09 bits per heavy atom. The molecule has 4 rings (SSSR count). The Kier molecular flexibility index (Phi) is 6.84. The van der Waals surface area contributed by atoms with E-state index in [2.05, 4.69) is 15.3 Å². The van der Waals surface area contributed by atoms with Gasteiger partial charge in [-0.2, -0.15) is 0 Å². The Morgan fingerprint density at radius 3 is 2.47 bits per heavy atom. The zero-order valence-electron chi connectivity index (χ0n) is 18.2. The number of aromatic nitrogens is 2. The highest BCUT2D eigenvalue weighted by Gasteiger charge is 2.24. The predicted octanol–water partition coefficient (Wildman–Crippen LogP) is 4.16. The van der Waals surface area contributed by atoms with Crippen LogP contribution in [0.15, 0.2) is 60.9 Å². The molecule has 0 spiro atoms. The topological polar surface area (TPSA) is 87.3 Å². The maximum absolute atomic E-state index is 12.5. The number of hydrogen-bond acceptors (Lipinski definition) is 4. The molecule has 32 heavy (non-hydrogen) atoms. The van der Waals surface area contributed by atoms with Crippen molar-refractivity contribution in [2.75, 3.05) is 19.6 Å². The van der Waals surface area contributed by atoms with E-state index in [1.807, 2.05) is 43.3 Å². The summed E-state index contributed by atoms with van der Waals surface area (Å²) in [6, 6.07) is 15.3. The molecule has 2 N–H and O–H groups in total. The van der Waals surface area contributed by atoms with Crippen LogP contribution in [0.5, 0.6) is 0 Å². The number of carbonyl (C=O) groups is 2. The van der Waals surface area contributed by atoms with Gasteiger partial charge in [0.25, 0.3) is 5.91 Å². The number of amides is 2. The zero-order chi connectivity index (χ0) is 22.3. The first kappa shape index (κ1) is 21.6. The van der Waals surface area contributed by atoms with Gasteiger partial charge < -0.3 is 19.9 Å². The molecule has 7 nitrogen and oxygen atoms in total. The highest BCUT2D eigenvalue weighted by Crippen LogP contribution is 2.19. The molecule has 166 valence electrons. The van der Waals surface area contributed by atoms with Gasteiger partial charge in [-0.25, -0.2) is 9.78 Å². The third kappa shape index (κ3) is 5.55. The number of benzene rings is 2. The first-order chi connectivity index (χ1) is 15.6. The minimum Gasteiger partial charge on any atom is -0.445 e. The summed E-state index contributed by atoms with van der Waals surface area (Å²) in [7, 11) is 0. The summed E-state index contributed by atoms with van der Waals surface area (Å²) >= 11 is 0. The molecule has 2 heterocycles. The fourth-order valence-electron chi connectivity index (χ4n) is 3.78. The van der Waals surface area contributed by atoms with Crippen molar-refractivity contribution in [3.05, 3.63) is 77.6 Å². The Hall–Kier alpha value is -3.61. The number of likely N-dealkylation sites (tertiary alicyclic amines) is 1. The van der Waals surface area contributed by atoms with Gasteiger partial charge in [-0.15, -0.1) is 0 Å². The second kappa shape index (κ2) is 10.1. The summed E-state index contributed by atoms with van der Waals surface area (Å²) in [6.07, 6.45) is 4.88. The van der Waals surface area contributed by atoms with Crippen molar-refractivity contribution < 1.29 is 14.3 Å². The molecule has 1 aliphatic rings. The largest absolute Gasteiger partial charge is 0.445 e. The Labute approximate surface area is 187 Å². The molecule has 0 atom stereocenters. The Bertz CT molecular complexity index is 1020. The molecule has 0 bridgehead atoms. The molecule has 1 aromatic heterocycles. The van der Waals surface area contributed by atoms with Crippen LogP contribution in [0.4, 0.5) is 4.79 Å². The number of nitrogens with one attached hydrogen (secondary N) is 2. The molecule has 2 amide bonds. The van der Waals surface area contributed by atoms with Crippen molar-refractivity contribution >= 4 is 12.0 Å². The molecule has 1 saturated heterocycles. The Morgan fingerprint density at radius 2 is 1.81 bits per heavy atom. The molecule has 7 heteroatoms. The van der Waals surface area contributed by atoms with Crippen LogP contribution in [0, 0.1) is 12.8 Å². The van der Waals surface area contributed by atoms with Crippen LogP contribution >= 0.6 is 0 Å². The number of piperidine rings is 1. The third-order valence-corrected chi connectivity index (χ3v) is 5.83. The number of ether oxygens (including phenoxy) is 1. The smallest absolute Gasteiger partial charge is 0.410 e. The van der Waals surface area contributed by atoms with E-state index < -0.39 is 0 Å². The van der Waals surface area contributed by atoms with E-state index in [0.29, 0.717) is 31.1 Å². The van der Waals surface area contributed by atoms with Crippen LogP contribution in [-0.4, -0.2) is 46.5 Å². The van der Waals surface area contributed by atoms with Crippen molar-refractivity contribution in [1.82, 2.24) is 20.2 Å². The molecule has 1 aliphatic heterocycles. The number of hydrogen-bond donors (Lipinski definition) is 2. The lowest BCUT2D eigenvalue weighted by atomic mass is 9.97. The predicted molar refractivity (Wildman–Crippen MR) is 122 cm³/mol. The van der Waals surface area contributed by atoms with Crippen LogP contribution in [0.2, 0.25) is 0 Å². The van der Waals surface area contributed by atoms with Crippen LogP contribution in [0.25, 0.3) is 11.4 Å². The van der Waals surface area contributed by atoms with E-state index >= 15 is 0 Å². The SMILES string of the molecule is Cc1ccc(COC(=O)N2CCC(CNC(=O)c3ccc(-c4ncc[nH]4)cc3)CC2)cc1. The second-order valence-corrected chi connectivity index (χ2v) is 8.20. The third-order valence-electron chi connectivity index (χ3n) is 5.83. The molecule has 3 aromatic rings. The van der Waals surface area contributed by atoms with Crippen molar-refractivity contribution in [2.24, 2.45) is 5.92 Å². The molecule has 0 radical (unpaired) electrons. The number of nitrogens with zero attached hydrogens (tertiary/aromatic N) is 2. The number of rotatable bonds is 6. The summed E-state index contributed by atoms with van der Waals surface area (Å²) in [6.45, 7) is 4.20. The van der Waals surface area contributed by atoms with E-state index in [1.54, 1.807) is 29.4 Å². The highest BCUT2D eigenvalue weighted by atomic mass is 16.6. The van der Waals surface area contributed by atoms with Crippen LogP contribution in [-0.2, 0) is 11.3 Å². The van der Waals surface area contributed by atoms with Crippen molar-refractivity contribution in [3.63, 3.8) is 0 Å². The molecular formula is C25H28N4O3. The number of aromatic amines is 1. The summed E-state index contributed by atoms with van der Waals surface area (Å²) in [5, 5.41) is 3.02. The molecule has 0 aliphatic carbocycles. The first-order valence-corrected chi connectivity index (χ1v) is 10.9. The minimum absolute atomic E-state index is 0.0871. The monoisotopic (exact) mass is 432 g/mol. The maximum Gasteiger partial charge on any atom is 0.410 e. The number of carbonyl (C=O) groups excluding carboxylic acids is 2. The molecular weight excluding hydrogens is 404 g/mol. The maximum atomic E-state index is 12.5. The molecule has 1 fully saturated rings. The lowest BCUT2D eigenvalue weighted by Gasteiger charge is -2.31. The van der Waals surface area contributed by atoms with Crippen molar-refractivity contribution in [3.8, 4) is 11.4 Å². The van der Waals surface area contributed by atoms with Gasteiger partial charge in [-0.1, -0.05) is 42.0 Å². The van der Waals surface area contributed by atoms with Gasteiger partial charge in [0.15, 0.2) is 0 Å². The summed E-state index contributed by atoms with van der Waals surface area (Å²) in [4.78, 5) is 33.8. The van der Waals surface area contributed by atoms with Gasteiger partial charge in [-0.05, 0) is 43.4 Å². The van der Waals surface area contributed by atoms with Gasteiger partial charge >= 0.3 is 6.09 Å². The minimum atomic E-state index is -0.273. The first-order valence-electron chi connectivity index (χ1n) is 10.9. The van der Waals surface area contributed by atoms with Crippen LogP contribution < -0.4 is 5.32 Å². The van der Waals surface area contributed by atoms with Gasteiger partial charge in [0.05, 0.1) is 0 Å². The fraction of sp³-hybridized carbons (Fsp3) is 0.320. The average molecular weight is 433 g/mol. The second-order valence-electron chi connectivity index (χ2n) is 8.20. The van der Waals surface area contributed by atoms with Crippen molar-refractivity contribution in [1.29, 1.82) is 0 Å². The highest BCUT2D eigenvalue weighted by molar-refractivity contribution is 5.94. The number of H-pyrrole nitrogens is 1. The molecule has 2 aromatic carbocycles. The van der Waals surface area contributed by atoms with Crippen molar-refractivity contribution in [2.45, 2.75) is 26.4 Å². The normalized spacial score (nSPS) is 14.2. The quantitative estimate of drug-likeness (QED) is 0.612. The van der Waals surface area contributed by atoms with Gasteiger partial charge in [0.1, 0.15) is 12.4 Å². The summed E-state index contributed by atoms with van der Waals surface area (Å²) < 4.78 is 5.45. The van der Waals surface area contributed by atoms with Gasteiger partial charge in [0, 0.05) is 43.2 Å². The number of aryl methyl sites for hydroxylation is 1. The van der Waals surface area contributed by atoms with E-state index in [1.165, 1.54) is 5.56 Å². The Balaban J connectivity index is 1.18. The van der Waals surface area contributed by atoms with E-state index in [0.717, 1.165) is 29.8 Å². The number of imidazole rings is 1. The lowest BCUT2D eigenvalue weighted by molar-refractivity contribution is 0.0801. The van der Waals surface area contributed by atoms with E-state index in [9.17, 15) is 9.59 Å². The van der Waals surface area contributed by atoms with Gasteiger partial charge in [0.2, 0.25) is 0 Å². The zero-order valence-corrected chi connectivity index (χ0v) is 18.2. The van der Waals surface area contributed by atoms with Gasteiger partial charge in [-0.3, -0.25) is 4.79 Å². The van der Waals surface area contributed by atoms with Crippen LogP contribution in [0.3, 0.4) is 0 Å². The molecule has 0 unspecified atom stereocenters. The fourth-order valence-corrected chi connectivity index (χ4v) is 3.78. The van der Waals surface area contributed by atoms with Crippen LogP contribution in [0.1, 0.15) is 34.3 Å². The lowest BCUT2D eigenvalue weighted by Crippen LogP contribution is -2.41. The van der Waals surface area contributed by atoms with E-state index in [4.69, 9.17) is 4.74 Å². The standard InChI is InChI=1S/C25H28N4O3/c1-18-2-4-20(5-3-18)17-32-25(31)29-14-10-19(11-15-29)16-28-24(30)22-8-6-21(7-9-22)23-26-12-13-27-23/h2-9,12-13,19H,10-11,14-17H2,1H3,(H,26,27)(H,28,30). The summed E-state index contributed by atoms with van der Waals surface area (Å²) in [5.41, 5.74) is 3.73. The van der Waals surface area contributed by atoms with E-state index in [-0.39, 0.29) is 18.6 Å². The average Bonchev–Trinajstić information content (AvgIpc) is 3.37.